The predicted octanol–water partition coefficient (Wildman–Crippen LogP) is 1.59. The smallest absolute Gasteiger partial charge is 0.239 e. The predicted molar refractivity (Wildman–Crippen MR) is 64.9 cm³/mol. The minimum Gasteiger partial charge on any atom is -0.368 e. The fourth-order valence-electron chi connectivity index (χ4n) is 1.86. The zero-order chi connectivity index (χ0) is 11.5. The first-order valence-electron chi connectivity index (χ1n) is 5.17. The normalized spacial score (nSPS) is 12.6. The van der Waals surface area contributed by atoms with Gasteiger partial charge < -0.3 is 11.1 Å². The van der Waals surface area contributed by atoms with Gasteiger partial charge in [0, 0.05) is 0 Å². The Balaban J connectivity index is 2.49. The SMILES string of the molecule is CNC(C(N)=O)c1ccc2ccccc2c1. The second-order valence-corrected chi connectivity index (χ2v) is 3.73. The molecule has 0 fully saturated rings. The molecule has 0 saturated heterocycles. The fraction of sp³-hybridized carbons (Fsp3) is 0.154. The Morgan fingerprint density at radius 1 is 1.19 bits per heavy atom. The lowest BCUT2D eigenvalue weighted by Crippen LogP contribution is -2.31. The Kier molecular flexibility index (Phi) is 2.88. The maximum Gasteiger partial charge on any atom is 0.239 e. The lowest BCUT2D eigenvalue weighted by Gasteiger charge is -2.13. The molecule has 1 amide bonds. The highest BCUT2D eigenvalue weighted by Gasteiger charge is 2.14. The average molecular weight is 214 g/mol. The van der Waals surface area contributed by atoms with Crippen LogP contribution in [0.5, 0.6) is 0 Å². The fourth-order valence-corrected chi connectivity index (χ4v) is 1.86. The van der Waals surface area contributed by atoms with Crippen molar-refractivity contribution in [3.05, 3.63) is 48.0 Å². The van der Waals surface area contributed by atoms with Crippen LogP contribution in [0, 0.1) is 0 Å². The Hall–Kier alpha value is -1.87. The molecule has 2 aromatic rings. The van der Waals surface area contributed by atoms with E-state index in [0.717, 1.165) is 16.3 Å². The second-order valence-electron chi connectivity index (χ2n) is 3.73. The van der Waals surface area contributed by atoms with Gasteiger partial charge in [0.1, 0.15) is 6.04 Å². The van der Waals surface area contributed by atoms with Crippen LogP contribution in [0.15, 0.2) is 42.5 Å². The third-order valence-electron chi connectivity index (χ3n) is 2.68. The molecule has 0 aliphatic carbocycles. The summed E-state index contributed by atoms with van der Waals surface area (Å²) in [6.45, 7) is 0. The van der Waals surface area contributed by atoms with Crippen molar-refractivity contribution in [2.45, 2.75) is 6.04 Å². The molecule has 3 nitrogen and oxygen atoms in total. The monoisotopic (exact) mass is 214 g/mol. The van der Waals surface area contributed by atoms with E-state index in [9.17, 15) is 4.79 Å². The molecule has 82 valence electrons. The van der Waals surface area contributed by atoms with Crippen LogP contribution in [0.1, 0.15) is 11.6 Å². The van der Waals surface area contributed by atoms with Gasteiger partial charge in [0.15, 0.2) is 0 Å². The van der Waals surface area contributed by atoms with Gasteiger partial charge in [-0.3, -0.25) is 4.79 Å². The van der Waals surface area contributed by atoms with Crippen molar-refractivity contribution in [3.63, 3.8) is 0 Å². The van der Waals surface area contributed by atoms with Gasteiger partial charge in [0.25, 0.3) is 0 Å². The summed E-state index contributed by atoms with van der Waals surface area (Å²) >= 11 is 0. The van der Waals surface area contributed by atoms with E-state index in [4.69, 9.17) is 5.73 Å². The molecule has 0 bridgehead atoms. The lowest BCUT2D eigenvalue weighted by atomic mass is 10.0. The molecule has 1 unspecified atom stereocenters. The van der Waals surface area contributed by atoms with Crippen LogP contribution in [-0.2, 0) is 4.79 Å². The van der Waals surface area contributed by atoms with E-state index < -0.39 is 6.04 Å². The molecule has 0 aliphatic rings. The number of nitrogens with two attached hydrogens (primary N) is 1. The summed E-state index contributed by atoms with van der Waals surface area (Å²) in [5, 5.41) is 5.18. The molecule has 0 aliphatic heterocycles. The van der Waals surface area contributed by atoms with Crippen molar-refractivity contribution in [2.24, 2.45) is 5.73 Å². The molecule has 0 aromatic heterocycles. The summed E-state index contributed by atoms with van der Waals surface area (Å²) in [7, 11) is 1.73. The molecule has 0 spiro atoms. The van der Waals surface area contributed by atoms with Crippen LogP contribution in [0.3, 0.4) is 0 Å². The molecule has 0 radical (unpaired) electrons. The van der Waals surface area contributed by atoms with Gasteiger partial charge in [-0.25, -0.2) is 0 Å². The van der Waals surface area contributed by atoms with E-state index in [1.54, 1.807) is 7.05 Å². The molecular formula is C13H14N2O. The van der Waals surface area contributed by atoms with Crippen LogP contribution >= 0.6 is 0 Å². The number of hydrogen-bond acceptors (Lipinski definition) is 2. The summed E-state index contributed by atoms with van der Waals surface area (Å²) in [5.74, 6) is -0.363. The van der Waals surface area contributed by atoms with Crippen LogP contribution < -0.4 is 11.1 Å². The van der Waals surface area contributed by atoms with Crippen molar-refractivity contribution in [1.29, 1.82) is 0 Å². The number of carbonyl (C=O) groups is 1. The number of rotatable bonds is 3. The molecule has 3 N–H and O–H groups in total. The number of primary amides is 1. The average Bonchev–Trinajstić information content (AvgIpc) is 2.29. The number of benzene rings is 2. The standard InChI is InChI=1S/C13H14N2O/c1-15-12(13(14)16)11-7-6-9-4-2-3-5-10(9)8-11/h2-8,12,15H,1H3,(H2,14,16). The largest absolute Gasteiger partial charge is 0.368 e. The highest BCUT2D eigenvalue weighted by molar-refractivity contribution is 5.86. The third-order valence-corrected chi connectivity index (χ3v) is 2.68. The Morgan fingerprint density at radius 2 is 1.88 bits per heavy atom. The van der Waals surface area contributed by atoms with E-state index in [0.29, 0.717) is 0 Å². The van der Waals surface area contributed by atoms with E-state index in [1.165, 1.54) is 0 Å². The summed E-state index contributed by atoms with van der Waals surface area (Å²) in [4.78, 5) is 11.2. The van der Waals surface area contributed by atoms with Crippen LogP contribution in [0.25, 0.3) is 10.8 Å². The third kappa shape index (κ3) is 1.90. The van der Waals surface area contributed by atoms with Gasteiger partial charge >= 0.3 is 0 Å². The molecule has 0 heterocycles. The minimum absolute atomic E-state index is 0.363. The van der Waals surface area contributed by atoms with E-state index in [-0.39, 0.29) is 5.91 Å². The van der Waals surface area contributed by atoms with Crippen molar-refractivity contribution < 1.29 is 4.79 Å². The van der Waals surface area contributed by atoms with Crippen molar-refractivity contribution in [2.75, 3.05) is 7.05 Å². The summed E-state index contributed by atoms with van der Waals surface area (Å²) in [5.41, 5.74) is 6.22. The number of fused-ring (bicyclic) bond motifs is 1. The molecule has 0 saturated carbocycles. The van der Waals surface area contributed by atoms with Gasteiger partial charge in [0.05, 0.1) is 0 Å². The number of carbonyl (C=O) groups excluding carboxylic acids is 1. The highest BCUT2D eigenvalue weighted by Crippen LogP contribution is 2.19. The minimum atomic E-state index is -0.426. The Labute approximate surface area is 94.3 Å². The topological polar surface area (TPSA) is 55.1 Å². The first-order chi connectivity index (χ1) is 7.72. The van der Waals surface area contributed by atoms with Crippen LogP contribution in [-0.4, -0.2) is 13.0 Å². The van der Waals surface area contributed by atoms with E-state index in [1.807, 2.05) is 42.5 Å². The number of likely N-dealkylation sites (N-methyl/N-ethyl adjacent to an activating group) is 1. The molecule has 2 rings (SSSR count). The van der Waals surface area contributed by atoms with Gasteiger partial charge in [-0.1, -0.05) is 36.4 Å². The summed E-state index contributed by atoms with van der Waals surface area (Å²) in [6.07, 6.45) is 0. The van der Waals surface area contributed by atoms with Crippen molar-refractivity contribution in [3.8, 4) is 0 Å². The van der Waals surface area contributed by atoms with Crippen LogP contribution in [0.2, 0.25) is 0 Å². The number of hydrogen-bond donors (Lipinski definition) is 2. The van der Waals surface area contributed by atoms with Crippen molar-refractivity contribution in [1.82, 2.24) is 5.32 Å². The van der Waals surface area contributed by atoms with E-state index >= 15 is 0 Å². The molecule has 16 heavy (non-hydrogen) atoms. The zero-order valence-electron chi connectivity index (χ0n) is 9.10. The number of amides is 1. The molecular weight excluding hydrogens is 200 g/mol. The van der Waals surface area contributed by atoms with Gasteiger partial charge in [-0.15, -0.1) is 0 Å². The molecule has 3 heteroatoms. The van der Waals surface area contributed by atoms with E-state index in [2.05, 4.69) is 5.32 Å². The second kappa shape index (κ2) is 4.33. The first kappa shape index (κ1) is 10.6. The molecule has 1 atom stereocenters. The quantitative estimate of drug-likeness (QED) is 0.815. The Morgan fingerprint density at radius 3 is 2.50 bits per heavy atom. The van der Waals surface area contributed by atoms with Gasteiger partial charge in [-0.2, -0.15) is 0 Å². The maximum atomic E-state index is 11.2. The lowest BCUT2D eigenvalue weighted by molar-refractivity contribution is -0.120. The Bertz CT molecular complexity index is 522. The molecule has 2 aromatic carbocycles. The number of nitrogens with one attached hydrogen (secondary N) is 1. The first-order valence-corrected chi connectivity index (χ1v) is 5.17. The zero-order valence-corrected chi connectivity index (χ0v) is 9.10. The summed E-state index contributed by atoms with van der Waals surface area (Å²) < 4.78 is 0. The van der Waals surface area contributed by atoms with Gasteiger partial charge in [-0.05, 0) is 29.4 Å². The summed E-state index contributed by atoms with van der Waals surface area (Å²) in [6, 6.07) is 13.5. The van der Waals surface area contributed by atoms with Crippen LogP contribution in [0.4, 0.5) is 0 Å². The van der Waals surface area contributed by atoms with Crippen molar-refractivity contribution >= 4 is 16.7 Å². The highest BCUT2D eigenvalue weighted by atomic mass is 16.1. The van der Waals surface area contributed by atoms with Gasteiger partial charge in [0.2, 0.25) is 5.91 Å². The maximum absolute atomic E-state index is 11.2.